The SMILES string of the molecule is CC(=O)c1ccc(C#CCCNC(=O)OCc2ccccc2)cn1. The van der Waals surface area contributed by atoms with Gasteiger partial charge in [-0.05, 0) is 17.7 Å². The first-order valence-corrected chi connectivity index (χ1v) is 7.55. The largest absolute Gasteiger partial charge is 0.445 e. The number of Topliss-reactive ketones (excluding diaryl/α,β-unsaturated/α-hetero) is 1. The number of nitrogens with one attached hydrogen (secondary N) is 1. The van der Waals surface area contributed by atoms with E-state index in [9.17, 15) is 9.59 Å². The van der Waals surface area contributed by atoms with Crippen molar-refractivity contribution in [2.75, 3.05) is 6.54 Å². The summed E-state index contributed by atoms with van der Waals surface area (Å²) in [5.74, 6) is 5.78. The van der Waals surface area contributed by atoms with Gasteiger partial charge in [-0.2, -0.15) is 0 Å². The van der Waals surface area contributed by atoms with Crippen molar-refractivity contribution < 1.29 is 14.3 Å². The van der Waals surface area contributed by atoms with Crippen molar-refractivity contribution in [2.45, 2.75) is 20.0 Å². The van der Waals surface area contributed by atoms with Gasteiger partial charge in [0.15, 0.2) is 5.78 Å². The number of hydrogen-bond acceptors (Lipinski definition) is 4. The van der Waals surface area contributed by atoms with Crippen molar-refractivity contribution in [1.82, 2.24) is 10.3 Å². The summed E-state index contributed by atoms with van der Waals surface area (Å²) in [5.41, 5.74) is 2.09. The Hall–Kier alpha value is -3.13. The minimum Gasteiger partial charge on any atom is -0.445 e. The highest BCUT2D eigenvalue weighted by Gasteiger charge is 2.01. The van der Waals surface area contributed by atoms with Gasteiger partial charge in [0.05, 0.1) is 0 Å². The van der Waals surface area contributed by atoms with Gasteiger partial charge in [0.1, 0.15) is 12.3 Å². The molecule has 1 N–H and O–H groups in total. The van der Waals surface area contributed by atoms with E-state index in [-0.39, 0.29) is 12.4 Å². The van der Waals surface area contributed by atoms with E-state index in [1.165, 1.54) is 6.92 Å². The molecule has 1 aromatic carbocycles. The Morgan fingerprint density at radius 3 is 2.62 bits per heavy atom. The molecule has 1 heterocycles. The van der Waals surface area contributed by atoms with Crippen LogP contribution in [-0.4, -0.2) is 23.4 Å². The van der Waals surface area contributed by atoms with Crippen molar-refractivity contribution in [3.05, 3.63) is 65.5 Å². The van der Waals surface area contributed by atoms with Crippen molar-refractivity contribution in [3.8, 4) is 11.8 Å². The van der Waals surface area contributed by atoms with Crippen molar-refractivity contribution in [1.29, 1.82) is 0 Å². The number of carbonyl (C=O) groups excluding carboxylic acids is 2. The van der Waals surface area contributed by atoms with E-state index in [1.807, 2.05) is 30.3 Å². The molecule has 0 bridgehead atoms. The van der Waals surface area contributed by atoms with Gasteiger partial charge in [-0.3, -0.25) is 9.78 Å². The Morgan fingerprint density at radius 2 is 1.96 bits per heavy atom. The third-order valence-corrected chi connectivity index (χ3v) is 3.09. The molecule has 0 atom stereocenters. The van der Waals surface area contributed by atoms with Crippen molar-refractivity contribution in [3.63, 3.8) is 0 Å². The molecule has 0 saturated heterocycles. The van der Waals surface area contributed by atoms with Crippen LogP contribution >= 0.6 is 0 Å². The van der Waals surface area contributed by atoms with E-state index >= 15 is 0 Å². The topological polar surface area (TPSA) is 68.3 Å². The highest BCUT2D eigenvalue weighted by atomic mass is 16.5. The normalized spacial score (nSPS) is 9.54. The smallest absolute Gasteiger partial charge is 0.407 e. The van der Waals surface area contributed by atoms with Crippen LogP contribution in [0, 0.1) is 11.8 Å². The van der Waals surface area contributed by atoms with E-state index < -0.39 is 6.09 Å². The van der Waals surface area contributed by atoms with Gasteiger partial charge in [-0.15, -0.1) is 0 Å². The molecule has 5 heteroatoms. The summed E-state index contributed by atoms with van der Waals surface area (Å²) in [7, 11) is 0. The molecular weight excluding hydrogens is 304 g/mol. The van der Waals surface area contributed by atoms with Crippen molar-refractivity contribution >= 4 is 11.9 Å². The number of ether oxygens (including phenoxy) is 1. The van der Waals surface area contributed by atoms with Crippen LogP contribution in [-0.2, 0) is 11.3 Å². The van der Waals surface area contributed by atoms with Crippen LogP contribution in [0.1, 0.15) is 35.0 Å². The standard InChI is InChI=1S/C19H18N2O3/c1-15(22)18-11-10-16(13-21-18)7-5-6-12-20-19(23)24-14-17-8-3-2-4-9-17/h2-4,8-11,13H,6,12,14H2,1H3,(H,20,23). The van der Waals surface area contributed by atoms with Gasteiger partial charge in [0, 0.05) is 31.6 Å². The van der Waals surface area contributed by atoms with E-state index in [0.717, 1.165) is 11.1 Å². The molecule has 1 aromatic heterocycles. The number of benzene rings is 1. The van der Waals surface area contributed by atoms with Crippen LogP contribution in [0.25, 0.3) is 0 Å². The van der Waals surface area contributed by atoms with Crippen LogP contribution in [0.5, 0.6) is 0 Å². The second kappa shape index (κ2) is 9.11. The van der Waals surface area contributed by atoms with E-state index in [2.05, 4.69) is 22.1 Å². The number of carbonyl (C=O) groups is 2. The minimum atomic E-state index is -0.465. The molecule has 0 aliphatic heterocycles. The summed E-state index contributed by atoms with van der Waals surface area (Å²) in [4.78, 5) is 26.7. The van der Waals surface area contributed by atoms with Gasteiger partial charge in [0.25, 0.3) is 0 Å². The molecule has 5 nitrogen and oxygen atoms in total. The predicted octanol–water partition coefficient (Wildman–Crippen LogP) is 2.95. The second-order valence-corrected chi connectivity index (χ2v) is 5.03. The van der Waals surface area contributed by atoms with Crippen LogP contribution in [0.2, 0.25) is 0 Å². The van der Waals surface area contributed by atoms with E-state index in [0.29, 0.717) is 18.7 Å². The number of rotatable bonds is 5. The molecule has 122 valence electrons. The summed E-state index contributed by atoms with van der Waals surface area (Å²) < 4.78 is 5.09. The molecular formula is C19H18N2O3. The molecule has 0 spiro atoms. The Morgan fingerprint density at radius 1 is 1.17 bits per heavy atom. The maximum Gasteiger partial charge on any atom is 0.407 e. The fourth-order valence-corrected chi connectivity index (χ4v) is 1.84. The summed E-state index contributed by atoms with van der Waals surface area (Å²) in [5, 5.41) is 2.64. The average Bonchev–Trinajstić information content (AvgIpc) is 2.61. The zero-order valence-electron chi connectivity index (χ0n) is 13.4. The van der Waals surface area contributed by atoms with Gasteiger partial charge in [0.2, 0.25) is 0 Å². The molecule has 0 saturated carbocycles. The molecule has 0 aliphatic rings. The fourth-order valence-electron chi connectivity index (χ4n) is 1.84. The second-order valence-electron chi connectivity index (χ2n) is 5.03. The molecule has 0 unspecified atom stereocenters. The fraction of sp³-hybridized carbons (Fsp3) is 0.211. The molecule has 0 aliphatic carbocycles. The predicted molar refractivity (Wildman–Crippen MR) is 90.4 cm³/mol. The Labute approximate surface area is 141 Å². The number of hydrogen-bond donors (Lipinski definition) is 1. The van der Waals surface area contributed by atoms with Gasteiger partial charge >= 0.3 is 6.09 Å². The Kier molecular flexibility index (Phi) is 6.54. The van der Waals surface area contributed by atoms with E-state index in [4.69, 9.17) is 4.74 Å². The monoisotopic (exact) mass is 322 g/mol. The zero-order valence-corrected chi connectivity index (χ0v) is 13.4. The van der Waals surface area contributed by atoms with Crippen LogP contribution in [0.4, 0.5) is 4.79 Å². The highest BCUT2D eigenvalue weighted by Crippen LogP contribution is 2.01. The summed E-state index contributed by atoms with van der Waals surface area (Å²) >= 11 is 0. The summed E-state index contributed by atoms with van der Waals surface area (Å²) in [6.45, 7) is 2.11. The average molecular weight is 322 g/mol. The molecule has 1 amide bonds. The van der Waals surface area contributed by atoms with E-state index in [1.54, 1.807) is 18.3 Å². The third kappa shape index (κ3) is 5.93. The Balaban J connectivity index is 1.67. The lowest BCUT2D eigenvalue weighted by atomic mass is 10.2. The highest BCUT2D eigenvalue weighted by molar-refractivity contribution is 5.92. The maximum absolute atomic E-state index is 11.5. The first-order chi connectivity index (χ1) is 11.6. The lowest BCUT2D eigenvalue weighted by Gasteiger charge is -2.05. The van der Waals surface area contributed by atoms with Crippen LogP contribution in [0.15, 0.2) is 48.7 Å². The third-order valence-electron chi connectivity index (χ3n) is 3.09. The molecule has 2 rings (SSSR count). The minimum absolute atomic E-state index is 0.0762. The number of nitrogens with zero attached hydrogens (tertiary/aromatic N) is 1. The first kappa shape index (κ1) is 17.2. The van der Waals surface area contributed by atoms with Crippen LogP contribution in [0.3, 0.4) is 0 Å². The van der Waals surface area contributed by atoms with Crippen LogP contribution < -0.4 is 5.32 Å². The van der Waals surface area contributed by atoms with Gasteiger partial charge in [-0.25, -0.2) is 4.79 Å². The molecule has 24 heavy (non-hydrogen) atoms. The number of aromatic nitrogens is 1. The lowest BCUT2D eigenvalue weighted by molar-refractivity contribution is 0.101. The first-order valence-electron chi connectivity index (χ1n) is 7.55. The van der Waals surface area contributed by atoms with Gasteiger partial charge < -0.3 is 10.1 Å². The summed E-state index contributed by atoms with van der Waals surface area (Å²) in [6.07, 6.45) is 1.59. The summed E-state index contributed by atoms with van der Waals surface area (Å²) in [6, 6.07) is 12.9. The molecule has 0 radical (unpaired) electrons. The maximum atomic E-state index is 11.5. The molecule has 2 aromatic rings. The Bertz CT molecular complexity index is 744. The molecule has 0 fully saturated rings. The van der Waals surface area contributed by atoms with Gasteiger partial charge in [-0.1, -0.05) is 42.2 Å². The number of pyridine rings is 1. The number of amides is 1. The lowest BCUT2D eigenvalue weighted by Crippen LogP contribution is -2.24. The van der Waals surface area contributed by atoms with Crippen molar-refractivity contribution in [2.24, 2.45) is 0 Å². The zero-order chi connectivity index (χ0) is 17.2. The number of alkyl carbamates (subject to hydrolysis) is 1. The number of ketones is 1. The quantitative estimate of drug-likeness (QED) is 0.522.